The molecule has 0 saturated carbocycles. The first-order valence-electron chi connectivity index (χ1n) is 16.5. The maximum Gasteiger partial charge on any atom is 0.471 e. The van der Waals surface area contributed by atoms with Crippen molar-refractivity contribution in [3.63, 3.8) is 0 Å². The maximum atomic E-state index is 13.9. The molecule has 1 heterocycles. The number of halogens is 3. The van der Waals surface area contributed by atoms with Crippen LogP contribution in [0.4, 0.5) is 18.9 Å². The number of carbonyl (C=O) groups excluding carboxylic acids is 5. The Morgan fingerprint density at radius 3 is 2.27 bits per heavy atom. The van der Waals surface area contributed by atoms with E-state index < -0.39 is 118 Å². The van der Waals surface area contributed by atoms with E-state index in [-0.39, 0.29) is 39.3 Å². The van der Waals surface area contributed by atoms with E-state index >= 15 is 0 Å². The molecule has 1 amide bonds. The van der Waals surface area contributed by atoms with Gasteiger partial charge in [0.05, 0.1) is 52.5 Å². The van der Waals surface area contributed by atoms with Crippen LogP contribution in [0, 0.1) is 10.1 Å². The first-order valence-corrected chi connectivity index (χ1v) is 16.5. The summed E-state index contributed by atoms with van der Waals surface area (Å²) in [5.74, 6) is -7.87. The topological polar surface area (TPSA) is 238 Å². The summed E-state index contributed by atoms with van der Waals surface area (Å²) in [5, 5.41) is 47.5. The number of nitrogens with zero attached hydrogens (tertiary/aromatic N) is 1. The number of phenolic OH excluding ortho intramolecular Hbond substituents is 2. The Kier molecular flexibility index (Phi) is 9.91. The third-order valence-corrected chi connectivity index (χ3v) is 9.85. The number of esters is 1. The van der Waals surface area contributed by atoms with Gasteiger partial charge in [0.15, 0.2) is 17.9 Å². The minimum absolute atomic E-state index is 0.0164. The molecule has 0 radical (unpaired) electrons. The van der Waals surface area contributed by atoms with Gasteiger partial charge in [-0.1, -0.05) is 12.1 Å². The van der Waals surface area contributed by atoms with Crippen LogP contribution in [0.2, 0.25) is 0 Å². The van der Waals surface area contributed by atoms with Crippen LogP contribution in [0.15, 0.2) is 42.5 Å². The first-order chi connectivity index (χ1) is 25.8. The Morgan fingerprint density at radius 2 is 1.67 bits per heavy atom. The second-order valence-corrected chi connectivity index (χ2v) is 13.2. The second kappa shape index (κ2) is 14.1. The van der Waals surface area contributed by atoms with E-state index in [2.05, 4.69) is 0 Å². The number of nitrogens with one attached hydrogen (secondary N) is 1. The quantitative estimate of drug-likeness (QED) is 0.0868. The fourth-order valence-electron chi connectivity index (χ4n) is 7.09. The van der Waals surface area contributed by atoms with Crippen molar-refractivity contribution in [3.8, 4) is 17.2 Å². The monoisotopic (exact) mass is 772 g/mol. The Balaban J connectivity index is 1.37. The highest BCUT2D eigenvalue weighted by molar-refractivity contribution is 6.31. The van der Waals surface area contributed by atoms with Crippen molar-refractivity contribution in [2.45, 2.75) is 75.5 Å². The molecule has 1 fully saturated rings. The van der Waals surface area contributed by atoms with E-state index in [9.17, 15) is 62.6 Å². The van der Waals surface area contributed by atoms with Gasteiger partial charge in [-0.15, -0.1) is 0 Å². The molecule has 55 heavy (non-hydrogen) atoms. The average molecular weight is 773 g/mol. The molecule has 0 aromatic heterocycles. The number of benzene rings is 3. The van der Waals surface area contributed by atoms with Crippen LogP contribution in [-0.2, 0) is 30.2 Å². The lowest BCUT2D eigenvalue weighted by molar-refractivity contribution is -0.384. The van der Waals surface area contributed by atoms with Crippen molar-refractivity contribution >= 4 is 34.9 Å². The Labute approximate surface area is 307 Å². The number of ether oxygens (including phenoxy) is 4. The van der Waals surface area contributed by atoms with E-state index in [4.69, 9.17) is 18.9 Å². The standard InChI is InChI=1S/C36H31F3N2O14/c1-14-32(55-33(47)16-7-9-17(10-8-16)41(50)51)20(40-34(48)36(37,38)39)11-23(53-14)54-22-13-35(49,15(2)42)12-19-25(22)31(46)27-26(29(19)44)28(43)18-5-4-6-21(52-3)24(18)30(27)45/h4-10,14,20,22-23,32,44,46,49H,11-13H2,1-3H3,(H,40,48). The van der Waals surface area contributed by atoms with Crippen molar-refractivity contribution in [1.82, 2.24) is 5.32 Å². The summed E-state index contributed by atoms with van der Waals surface area (Å²) in [6, 6.07) is 6.56. The molecular weight excluding hydrogens is 741 g/mol. The van der Waals surface area contributed by atoms with Crippen LogP contribution >= 0.6 is 0 Å². The van der Waals surface area contributed by atoms with Crippen LogP contribution in [0.5, 0.6) is 17.2 Å². The highest BCUT2D eigenvalue weighted by Gasteiger charge is 2.51. The normalized spacial score (nSPS) is 24.5. The number of nitro benzene ring substituents is 1. The molecule has 4 N–H and O–H groups in total. The zero-order chi connectivity index (χ0) is 40.3. The number of hydrogen-bond acceptors (Lipinski definition) is 14. The zero-order valence-electron chi connectivity index (χ0n) is 29.0. The number of carbonyl (C=O) groups is 5. The number of aliphatic hydroxyl groups is 1. The first kappa shape index (κ1) is 38.8. The molecule has 6 unspecified atom stereocenters. The molecule has 3 aromatic rings. The molecule has 290 valence electrons. The van der Waals surface area contributed by atoms with Gasteiger partial charge < -0.3 is 39.6 Å². The lowest BCUT2D eigenvalue weighted by atomic mass is 9.72. The van der Waals surface area contributed by atoms with E-state index in [1.54, 1.807) is 5.32 Å². The van der Waals surface area contributed by atoms with E-state index in [0.717, 1.165) is 31.2 Å². The average Bonchev–Trinajstić information content (AvgIpc) is 3.12. The predicted octanol–water partition coefficient (Wildman–Crippen LogP) is 3.52. The second-order valence-electron chi connectivity index (χ2n) is 13.2. The summed E-state index contributed by atoms with van der Waals surface area (Å²) in [4.78, 5) is 75.8. The number of alkyl halides is 3. The van der Waals surface area contributed by atoms with Crippen LogP contribution in [0.3, 0.4) is 0 Å². The highest BCUT2D eigenvalue weighted by Crippen LogP contribution is 2.52. The van der Waals surface area contributed by atoms with Gasteiger partial charge in [-0.05, 0) is 32.0 Å². The van der Waals surface area contributed by atoms with Crippen LogP contribution < -0.4 is 10.1 Å². The van der Waals surface area contributed by atoms with Gasteiger partial charge in [0, 0.05) is 48.1 Å². The third-order valence-electron chi connectivity index (χ3n) is 9.85. The molecule has 1 saturated heterocycles. The number of nitro groups is 1. The number of methoxy groups -OCH3 is 1. The summed E-state index contributed by atoms with van der Waals surface area (Å²) >= 11 is 0. The minimum atomic E-state index is -5.39. The predicted molar refractivity (Wildman–Crippen MR) is 177 cm³/mol. The number of rotatable bonds is 8. The summed E-state index contributed by atoms with van der Waals surface area (Å²) in [6.45, 7) is 2.30. The smallest absolute Gasteiger partial charge is 0.471 e. The number of fused-ring (bicyclic) bond motifs is 3. The van der Waals surface area contributed by atoms with Crippen LogP contribution in [0.25, 0.3) is 0 Å². The molecule has 19 heteroatoms. The molecule has 0 bridgehead atoms. The molecule has 0 spiro atoms. The van der Waals surface area contributed by atoms with Gasteiger partial charge in [-0.3, -0.25) is 29.3 Å². The Bertz CT molecular complexity index is 2150. The van der Waals surface area contributed by atoms with Gasteiger partial charge in [-0.2, -0.15) is 13.2 Å². The summed E-state index contributed by atoms with van der Waals surface area (Å²) in [7, 11) is 1.25. The number of ketones is 3. The molecule has 6 rings (SSSR count). The molecule has 3 aliphatic rings. The van der Waals surface area contributed by atoms with E-state index in [1.807, 2.05) is 0 Å². The fourth-order valence-corrected chi connectivity index (χ4v) is 7.09. The van der Waals surface area contributed by atoms with Crippen molar-refractivity contribution in [2.75, 3.05) is 7.11 Å². The fraction of sp³-hybridized carbons (Fsp3) is 0.361. The Morgan fingerprint density at radius 1 is 1.02 bits per heavy atom. The number of phenols is 2. The maximum absolute atomic E-state index is 13.9. The molecule has 3 aromatic carbocycles. The van der Waals surface area contributed by atoms with Gasteiger partial charge in [0.25, 0.3) is 5.69 Å². The van der Waals surface area contributed by atoms with Gasteiger partial charge in [-0.25, -0.2) is 4.79 Å². The SMILES string of the molecule is COc1cccc2c1C(=O)c1c(O)c3c(c(O)c1C2=O)CC(O)(C(C)=O)CC3OC1CC(NC(=O)C(F)(F)F)C(OC(=O)c2ccc([N+](=O)[O-])cc2)C(C)O1. The molecule has 1 aliphatic heterocycles. The molecule has 6 atom stereocenters. The zero-order valence-corrected chi connectivity index (χ0v) is 29.0. The van der Waals surface area contributed by atoms with Crippen molar-refractivity contribution < 1.29 is 76.3 Å². The van der Waals surface area contributed by atoms with Crippen molar-refractivity contribution in [1.29, 1.82) is 0 Å². The van der Waals surface area contributed by atoms with Gasteiger partial charge >= 0.3 is 18.1 Å². The highest BCUT2D eigenvalue weighted by atomic mass is 19.4. The minimum Gasteiger partial charge on any atom is -0.507 e. The summed E-state index contributed by atoms with van der Waals surface area (Å²) in [6.07, 6.45) is -13.6. The summed E-state index contributed by atoms with van der Waals surface area (Å²) in [5.41, 5.74) is -5.15. The number of hydrogen-bond donors (Lipinski definition) is 4. The largest absolute Gasteiger partial charge is 0.507 e. The van der Waals surface area contributed by atoms with E-state index in [0.29, 0.717) is 0 Å². The number of aromatic hydroxyl groups is 2. The number of amides is 1. The molecular formula is C36H31F3N2O14. The van der Waals surface area contributed by atoms with Crippen molar-refractivity contribution in [3.05, 3.63) is 91.5 Å². The molecule has 2 aliphatic carbocycles. The summed E-state index contributed by atoms with van der Waals surface area (Å²) < 4.78 is 63.0. The lowest BCUT2D eigenvalue weighted by Crippen LogP contribution is -2.59. The van der Waals surface area contributed by atoms with E-state index in [1.165, 1.54) is 32.2 Å². The van der Waals surface area contributed by atoms with Crippen molar-refractivity contribution in [2.24, 2.45) is 0 Å². The third kappa shape index (κ3) is 6.85. The lowest BCUT2D eigenvalue weighted by Gasteiger charge is -2.43. The molecule has 16 nitrogen and oxygen atoms in total. The van der Waals surface area contributed by atoms with Crippen LogP contribution in [0.1, 0.15) is 86.1 Å². The van der Waals surface area contributed by atoms with Crippen LogP contribution in [-0.4, -0.2) is 92.9 Å². The number of non-ortho nitro benzene ring substituents is 1. The Hall–Kier alpha value is -5.92. The number of Topliss-reactive ketones (excluding diaryl/α,β-unsaturated/α-hetero) is 1. The van der Waals surface area contributed by atoms with Gasteiger partial charge in [0.2, 0.25) is 5.78 Å². The van der Waals surface area contributed by atoms with Gasteiger partial charge in [0.1, 0.15) is 29.0 Å².